The second-order valence-electron chi connectivity index (χ2n) is 9.27. The van der Waals surface area contributed by atoms with Crippen LogP contribution in [0.5, 0.6) is 0 Å². The molecule has 1 saturated carbocycles. The van der Waals surface area contributed by atoms with Crippen molar-refractivity contribution in [1.82, 2.24) is 9.88 Å². The monoisotopic (exact) mass is 493 g/mol. The van der Waals surface area contributed by atoms with Gasteiger partial charge in [0.15, 0.2) is 11.6 Å². The van der Waals surface area contributed by atoms with E-state index >= 15 is 0 Å². The van der Waals surface area contributed by atoms with Crippen molar-refractivity contribution < 1.29 is 18.4 Å². The highest BCUT2D eigenvalue weighted by Crippen LogP contribution is 2.37. The van der Waals surface area contributed by atoms with Gasteiger partial charge in [0, 0.05) is 24.7 Å². The third kappa shape index (κ3) is 6.39. The lowest BCUT2D eigenvalue weighted by Gasteiger charge is -2.18. The van der Waals surface area contributed by atoms with Crippen LogP contribution in [0.3, 0.4) is 0 Å². The van der Waals surface area contributed by atoms with Gasteiger partial charge in [-0.3, -0.25) is 4.79 Å². The maximum absolute atomic E-state index is 13.6. The summed E-state index contributed by atoms with van der Waals surface area (Å²) in [5, 5.41) is 7.08. The van der Waals surface area contributed by atoms with E-state index in [1.165, 1.54) is 6.07 Å². The molecule has 1 fully saturated rings. The van der Waals surface area contributed by atoms with Crippen LogP contribution in [0.4, 0.5) is 8.78 Å². The normalized spacial score (nSPS) is 14.0. The average Bonchev–Trinajstić information content (AvgIpc) is 3.53. The van der Waals surface area contributed by atoms with E-state index in [9.17, 15) is 13.6 Å². The highest BCUT2D eigenvalue weighted by Gasteiger charge is 2.28. The Bertz CT molecular complexity index is 1180. The number of carbonyl (C=O) groups excluding carboxylic acids is 1. The lowest BCUT2D eigenvalue weighted by molar-refractivity contribution is 0.0949. The minimum Gasteiger partial charge on any atom is -0.396 e. The molecule has 1 heterocycles. The Morgan fingerprint density at radius 3 is 2.58 bits per heavy atom. The first-order valence-corrected chi connectivity index (χ1v) is 12.7. The Kier molecular flexibility index (Phi) is 8.87. The number of carbonyl (C=O) groups is 1. The van der Waals surface area contributed by atoms with E-state index in [0.717, 1.165) is 67.6 Å². The first-order valence-electron chi connectivity index (χ1n) is 12.7. The highest BCUT2D eigenvalue weighted by molar-refractivity contribution is 5.98. The Morgan fingerprint density at radius 2 is 1.86 bits per heavy atom. The van der Waals surface area contributed by atoms with Crippen LogP contribution >= 0.6 is 0 Å². The van der Waals surface area contributed by atoms with E-state index in [1.54, 1.807) is 6.21 Å². The predicted molar refractivity (Wildman–Crippen MR) is 137 cm³/mol. The number of oxime groups is 1. The number of rotatable bonds is 11. The summed E-state index contributed by atoms with van der Waals surface area (Å²) in [5.41, 5.74) is 4.02. The van der Waals surface area contributed by atoms with Crippen molar-refractivity contribution in [2.75, 3.05) is 6.61 Å². The molecule has 1 aromatic heterocycles. The summed E-state index contributed by atoms with van der Waals surface area (Å²) < 4.78 is 29.1. The molecule has 0 radical (unpaired) electrons. The van der Waals surface area contributed by atoms with Gasteiger partial charge in [0.25, 0.3) is 5.91 Å². The molecule has 1 aliphatic rings. The van der Waals surface area contributed by atoms with Gasteiger partial charge in [-0.05, 0) is 48.6 Å². The van der Waals surface area contributed by atoms with E-state index in [0.29, 0.717) is 24.3 Å². The lowest BCUT2D eigenvalue weighted by Crippen LogP contribution is -2.24. The van der Waals surface area contributed by atoms with Crippen LogP contribution in [0.25, 0.3) is 0 Å². The molecule has 5 nitrogen and oxygen atoms in total. The number of amides is 1. The fraction of sp³-hybridized carbons (Fsp3) is 0.379. The summed E-state index contributed by atoms with van der Waals surface area (Å²) in [6.07, 6.45) is 7.92. The molecular weight excluding hydrogens is 460 g/mol. The summed E-state index contributed by atoms with van der Waals surface area (Å²) >= 11 is 0. The van der Waals surface area contributed by atoms with Gasteiger partial charge in [-0.25, -0.2) is 8.78 Å². The van der Waals surface area contributed by atoms with Crippen LogP contribution in [-0.2, 0) is 17.9 Å². The van der Waals surface area contributed by atoms with E-state index < -0.39 is 11.6 Å². The third-order valence-electron chi connectivity index (χ3n) is 6.63. The molecule has 3 aromatic rings. The molecule has 0 aliphatic heterocycles. The summed E-state index contributed by atoms with van der Waals surface area (Å²) in [6.45, 7) is 3.35. The first kappa shape index (κ1) is 25.6. The predicted octanol–water partition coefficient (Wildman–Crippen LogP) is 6.55. The summed E-state index contributed by atoms with van der Waals surface area (Å²) in [4.78, 5) is 18.8. The zero-order valence-corrected chi connectivity index (χ0v) is 20.7. The number of hydrogen-bond donors (Lipinski definition) is 1. The van der Waals surface area contributed by atoms with Gasteiger partial charge < -0.3 is 14.7 Å². The molecule has 36 heavy (non-hydrogen) atoms. The molecular formula is C29H33F2N3O2. The van der Waals surface area contributed by atoms with Gasteiger partial charge >= 0.3 is 0 Å². The van der Waals surface area contributed by atoms with Crippen molar-refractivity contribution in [2.45, 2.75) is 64.5 Å². The SMILES string of the molecule is CCCCO/N=C/c1cc(C(=O)NCc2ccc(F)c(F)c2)c(C2CCCC2)n1Cc1ccccc1. The number of unbranched alkanes of at least 4 members (excludes halogenated alkanes) is 1. The summed E-state index contributed by atoms with van der Waals surface area (Å²) in [5.74, 6) is -1.81. The van der Waals surface area contributed by atoms with Crippen molar-refractivity contribution in [1.29, 1.82) is 0 Å². The number of aromatic nitrogens is 1. The zero-order valence-electron chi connectivity index (χ0n) is 20.7. The Morgan fingerprint density at radius 1 is 1.08 bits per heavy atom. The zero-order chi connectivity index (χ0) is 25.3. The molecule has 1 aliphatic carbocycles. The van der Waals surface area contributed by atoms with Gasteiger partial charge in [0.2, 0.25) is 0 Å². The molecule has 2 aromatic carbocycles. The van der Waals surface area contributed by atoms with Crippen molar-refractivity contribution in [3.8, 4) is 0 Å². The van der Waals surface area contributed by atoms with Gasteiger partial charge in [-0.15, -0.1) is 0 Å². The molecule has 0 bridgehead atoms. The standard InChI is InChI=1S/C29H33F2N3O2/c1-2-3-15-36-33-19-24-17-25(29(35)32-18-22-13-14-26(30)27(31)16-22)28(23-11-7-8-12-23)34(24)20-21-9-5-4-6-10-21/h4-6,9-10,13-14,16-17,19,23H,2-3,7-8,11-12,15,18,20H2,1H3,(H,32,35)/b33-19+. The summed E-state index contributed by atoms with van der Waals surface area (Å²) in [7, 11) is 0. The topological polar surface area (TPSA) is 55.6 Å². The minimum atomic E-state index is -0.927. The molecule has 0 saturated heterocycles. The smallest absolute Gasteiger partial charge is 0.253 e. The first-order chi connectivity index (χ1) is 17.6. The van der Waals surface area contributed by atoms with Crippen LogP contribution in [0, 0.1) is 11.6 Å². The molecule has 0 atom stereocenters. The van der Waals surface area contributed by atoms with Crippen molar-refractivity contribution in [3.63, 3.8) is 0 Å². The van der Waals surface area contributed by atoms with Crippen LogP contribution in [0.2, 0.25) is 0 Å². The van der Waals surface area contributed by atoms with E-state index in [1.807, 2.05) is 24.3 Å². The van der Waals surface area contributed by atoms with Gasteiger partial charge in [0.05, 0.1) is 17.5 Å². The fourth-order valence-corrected chi connectivity index (χ4v) is 4.74. The minimum absolute atomic E-state index is 0.105. The second-order valence-corrected chi connectivity index (χ2v) is 9.27. The quantitative estimate of drug-likeness (QED) is 0.187. The summed E-state index contributed by atoms with van der Waals surface area (Å²) in [6, 6.07) is 15.7. The van der Waals surface area contributed by atoms with Gasteiger partial charge in [-0.1, -0.05) is 67.7 Å². The van der Waals surface area contributed by atoms with E-state index in [2.05, 4.69) is 34.1 Å². The van der Waals surface area contributed by atoms with Crippen LogP contribution in [-0.4, -0.2) is 23.3 Å². The molecule has 1 N–H and O–H groups in total. The van der Waals surface area contributed by atoms with Crippen LogP contribution in [0.15, 0.2) is 59.8 Å². The van der Waals surface area contributed by atoms with Crippen molar-refractivity contribution in [3.05, 3.63) is 94.3 Å². The molecule has 190 valence electrons. The maximum Gasteiger partial charge on any atom is 0.253 e. The van der Waals surface area contributed by atoms with Crippen molar-refractivity contribution >= 4 is 12.1 Å². The van der Waals surface area contributed by atoms with E-state index in [4.69, 9.17) is 4.84 Å². The van der Waals surface area contributed by atoms with Crippen LogP contribution in [0.1, 0.15) is 84.2 Å². The average molecular weight is 494 g/mol. The Labute approximate surface area is 211 Å². The molecule has 4 rings (SSSR count). The van der Waals surface area contributed by atoms with Crippen LogP contribution < -0.4 is 5.32 Å². The number of benzene rings is 2. The molecule has 7 heteroatoms. The molecule has 0 spiro atoms. The van der Waals surface area contributed by atoms with Gasteiger partial charge in [0.1, 0.15) is 6.61 Å². The molecule has 1 amide bonds. The van der Waals surface area contributed by atoms with Gasteiger partial charge in [-0.2, -0.15) is 0 Å². The maximum atomic E-state index is 13.6. The molecule has 0 unspecified atom stereocenters. The highest BCUT2D eigenvalue weighted by atomic mass is 19.2. The largest absolute Gasteiger partial charge is 0.396 e. The lowest BCUT2D eigenvalue weighted by atomic mass is 9.99. The number of hydrogen-bond acceptors (Lipinski definition) is 3. The number of halogens is 2. The Balaban J connectivity index is 1.66. The third-order valence-corrected chi connectivity index (χ3v) is 6.63. The number of nitrogens with one attached hydrogen (secondary N) is 1. The van der Waals surface area contributed by atoms with Crippen molar-refractivity contribution in [2.24, 2.45) is 5.16 Å². The Hall–Kier alpha value is -3.48. The second kappa shape index (κ2) is 12.5. The number of nitrogens with zero attached hydrogens (tertiary/aromatic N) is 2. The fourth-order valence-electron chi connectivity index (χ4n) is 4.74. The van der Waals surface area contributed by atoms with E-state index in [-0.39, 0.29) is 18.4 Å².